The van der Waals surface area contributed by atoms with Crippen LogP contribution >= 0.6 is 0 Å². The third kappa shape index (κ3) is 3.33. The number of aromatic carboxylic acids is 1. The van der Waals surface area contributed by atoms with Crippen LogP contribution in [0.4, 0.5) is 0 Å². The van der Waals surface area contributed by atoms with E-state index in [-0.39, 0.29) is 5.69 Å². The maximum atomic E-state index is 11.6. The highest BCUT2D eigenvalue weighted by Crippen LogP contribution is 2.34. The van der Waals surface area contributed by atoms with Gasteiger partial charge in [-0.2, -0.15) is 5.10 Å². The quantitative estimate of drug-likeness (QED) is 0.682. The molecule has 0 amide bonds. The second-order valence-electron chi connectivity index (χ2n) is 5.73. The Bertz CT molecular complexity index is 996. The Labute approximate surface area is 155 Å². The van der Waals surface area contributed by atoms with Crippen LogP contribution in [0.5, 0.6) is 23.0 Å². The number of nitrogens with zero attached hydrogens (tertiary/aromatic N) is 2. The lowest BCUT2D eigenvalue weighted by Gasteiger charge is -2.11. The smallest absolute Gasteiger partial charge is 0.357 e. The van der Waals surface area contributed by atoms with Crippen molar-refractivity contribution in [1.29, 1.82) is 0 Å². The van der Waals surface area contributed by atoms with E-state index in [1.807, 2.05) is 12.1 Å². The summed E-state index contributed by atoms with van der Waals surface area (Å²) in [5.74, 6) is 1.03. The number of benzene rings is 2. The number of aromatic nitrogens is 2. The minimum atomic E-state index is -1.11. The molecule has 0 saturated carbocycles. The molecule has 2 aromatic carbocycles. The molecule has 3 rings (SSSR count). The van der Waals surface area contributed by atoms with Crippen LogP contribution in [0.25, 0.3) is 10.9 Å². The first-order valence-corrected chi connectivity index (χ1v) is 8.09. The molecule has 0 fully saturated rings. The van der Waals surface area contributed by atoms with Crippen LogP contribution in [0.1, 0.15) is 16.1 Å². The highest BCUT2D eigenvalue weighted by atomic mass is 16.5. The van der Waals surface area contributed by atoms with Crippen molar-refractivity contribution < 1.29 is 28.8 Å². The van der Waals surface area contributed by atoms with Gasteiger partial charge in [0.15, 0.2) is 28.7 Å². The van der Waals surface area contributed by atoms with Gasteiger partial charge in [-0.15, -0.1) is 0 Å². The van der Waals surface area contributed by atoms with Crippen molar-refractivity contribution in [3.8, 4) is 23.0 Å². The van der Waals surface area contributed by atoms with E-state index in [0.29, 0.717) is 40.4 Å². The number of hydrogen-bond donors (Lipinski definition) is 1. The summed E-state index contributed by atoms with van der Waals surface area (Å²) in [4.78, 5) is 11.6. The maximum absolute atomic E-state index is 11.6. The molecule has 0 aliphatic rings. The fourth-order valence-corrected chi connectivity index (χ4v) is 2.93. The predicted molar refractivity (Wildman–Crippen MR) is 98.4 cm³/mol. The standard InChI is InChI=1S/C19H20N2O6/c1-24-14-6-5-11(7-15(14)25-2)10-21-13-9-17(27-4)16(26-3)8-12(13)18(20-21)19(22)23/h5-9H,10H2,1-4H3,(H,22,23). The SMILES string of the molecule is COc1ccc(Cn2nc(C(=O)O)c3cc(OC)c(OC)cc32)cc1OC. The number of carboxylic acid groups (broad SMARTS) is 1. The van der Waals surface area contributed by atoms with Gasteiger partial charge in [0.25, 0.3) is 0 Å². The molecular weight excluding hydrogens is 352 g/mol. The minimum Gasteiger partial charge on any atom is -0.493 e. The minimum absolute atomic E-state index is 0.0496. The number of methoxy groups -OCH3 is 4. The van der Waals surface area contributed by atoms with E-state index in [9.17, 15) is 9.90 Å². The molecule has 1 aromatic heterocycles. The Morgan fingerprint density at radius 3 is 2.11 bits per heavy atom. The molecule has 8 heteroatoms. The van der Waals surface area contributed by atoms with Gasteiger partial charge >= 0.3 is 5.97 Å². The zero-order valence-corrected chi connectivity index (χ0v) is 15.5. The Balaban J connectivity index is 2.12. The monoisotopic (exact) mass is 372 g/mol. The van der Waals surface area contributed by atoms with Crippen molar-refractivity contribution in [1.82, 2.24) is 9.78 Å². The molecule has 142 valence electrons. The van der Waals surface area contributed by atoms with Gasteiger partial charge < -0.3 is 24.1 Å². The molecule has 0 aliphatic carbocycles. The van der Waals surface area contributed by atoms with Crippen molar-refractivity contribution in [2.24, 2.45) is 0 Å². The van der Waals surface area contributed by atoms with E-state index in [4.69, 9.17) is 18.9 Å². The van der Waals surface area contributed by atoms with Gasteiger partial charge in [-0.1, -0.05) is 6.07 Å². The van der Waals surface area contributed by atoms with Crippen molar-refractivity contribution in [3.05, 3.63) is 41.6 Å². The summed E-state index contributed by atoms with van der Waals surface area (Å²) in [5, 5.41) is 14.3. The van der Waals surface area contributed by atoms with Crippen LogP contribution in [0, 0.1) is 0 Å². The Morgan fingerprint density at radius 1 is 0.926 bits per heavy atom. The lowest BCUT2D eigenvalue weighted by Crippen LogP contribution is -2.05. The average molecular weight is 372 g/mol. The summed E-state index contributed by atoms with van der Waals surface area (Å²) < 4.78 is 22.8. The first-order valence-electron chi connectivity index (χ1n) is 8.09. The Morgan fingerprint density at radius 2 is 1.52 bits per heavy atom. The highest BCUT2D eigenvalue weighted by molar-refractivity contribution is 6.02. The maximum Gasteiger partial charge on any atom is 0.357 e. The molecule has 8 nitrogen and oxygen atoms in total. The van der Waals surface area contributed by atoms with Crippen LogP contribution in [0.2, 0.25) is 0 Å². The van der Waals surface area contributed by atoms with Gasteiger partial charge in [0.05, 0.1) is 40.5 Å². The van der Waals surface area contributed by atoms with Crippen LogP contribution in [-0.2, 0) is 6.54 Å². The van der Waals surface area contributed by atoms with Gasteiger partial charge in [0, 0.05) is 11.5 Å². The van der Waals surface area contributed by atoms with E-state index >= 15 is 0 Å². The summed E-state index contributed by atoms with van der Waals surface area (Å²) in [6.45, 7) is 0.347. The van der Waals surface area contributed by atoms with Gasteiger partial charge in [-0.05, 0) is 23.8 Å². The van der Waals surface area contributed by atoms with Crippen molar-refractivity contribution in [3.63, 3.8) is 0 Å². The number of ether oxygens (including phenoxy) is 4. The molecule has 0 unspecified atom stereocenters. The lowest BCUT2D eigenvalue weighted by molar-refractivity contribution is 0.0691. The molecule has 3 aromatic rings. The van der Waals surface area contributed by atoms with E-state index < -0.39 is 5.97 Å². The van der Waals surface area contributed by atoms with Gasteiger partial charge in [-0.25, -0.2) is 4.79 Å². The Hall–Kier alpha value is -3.42. The van der Waals surface area contributed by atoms with Crippen LogP contribution in [0.3, 0.4) is 0 Å². The first kappa shape index (κ1) is 18.4. The summed E-state index contributed by atoms with van der Waals surface area (Å²) in [6, 6.07) is 8.83. The fraction of sp³-hybridized carbons (Fsp3) is 0.263. The molecule has 1 N–H and O–H groups in total. The molecule has 1 heterocycles. The van der Waals surface area contributed by atoms with Crippen LogP contribution < -0.4 is 18.9 Å². The summed E-state index contributed by atoms with van der Waals surface area (Å²) in [5.41, 5.74) is 1.45. The van der Waals surface area contributed by atoms with Crippen LogP contribution in [-0.4, -0.2) is 49.3 Å². The largest absolute Gasteiger partial charge is 0.493 e. The average Bonchev–Trinajstić information content (AvgIpc) is 3.04. The number of rotatable bonds is 7. The molecule has 0 radical (unpaired) electrons. The second kappa shape index (κ2) is 7.45. The number of fused-ring (bicyclic) bond motifs is 1. The van der Waals surface area contributed by atoms with E-state index in [1.54, 1.807) is 37.1 Å². The second-order valence-corrected chi connectivity index (χ2v) is 5.73. The number of carbonyl (C=O) groups is 1. The topological polar surface area (TPSA) is 92.0 Å². The fourth-order valence-electron chi connectivity index (χ4n) is 2.93. The molecule has 0 atom stereocenters. The summed E-state index contributed by atoms with van der Waals surface area (Å²) in [7, 11) is 6.15. The van der Waals surface area contributed by atoms with E-state index in [0.717, 1.165) is 5.56 Å². The molecular formula is C19H20N2O6. The van der Waals surface area contributed by atoms with E-state index in [1.165, 1.54) is 14.2 Å². The summed E-state index contributed by atoms with van der Waals surface area (Å²) in [6.07, 6.45) is 0. The normalized spacial score (nSPS) is 10.7. The third-order valence-corrected chi connectivity index (χ3v) is 4.24. The van der Waals surface area contributed by atoms with Gasteiger partial charge in [0.1, 0.15) is 0 Å². The van der Waals surface area contributed by atoms with Crippen LogP contribution in [0.15, 0.2) is 30.3 Å². The van der Waals surface area contributed by atoms with E-state index in [2.05, 4.69) is 5.10 Å². The molecule has 0 saturated heterocycles. The van der Waals surface area contributed by atoms with Gasteiger partial charge in [-0.3, -0.25) is 4.68 Å². The van der Waals surface area contributed by atoms with Gasteiger partial charge in [0.2, 0.25) is 0 Å². The molecule has 0 aliphatic heterocycles. The Kier molecular flexibility index (Phi) is 5.07. The summed E-state index contributed by atoms with van der Waals surface area (Å²) >= 11 is 0. The first-order chi connectivity index (χ1) is 13.0. The predicted octanol–water partition coefficient (Wildman–Crippen LogP) is 2.82. The molecule has 27 heavy (non-hydrogen) atoms. The zero-order chi connectivity index (χ0) is 19.6. The molecule has 0 bridgehead atoms. The lowest BCUT2D eigenvalue weighted by atomic mass is 10.1. The number of carboxylic acids is 1. The van der Waals surface area contributed by atoms with Crippen molar-refractivity contribution in [2.45, 2.75) is 6.54 Å². The number of hydrogen-bond acceptors (Lipinski definition) is 6. The van der Waals surface area contributed by atoms with Crippen molar-refractivity contribution in [2.75, 3.05) is 28.4 Å². The highest BCUT2D eigenvalue weighted by Gasteiger charge is 2.20. The van der Waals surface area contributed by atoms with Crippen molar-refractivity contribution >= 4 is 16.9 Å². The molecule has 0 spiro atoms. The zero-order valence-electron chi connectivity index (χ0n) is 15.5. The third-order valence-electron chi connectivity index (χ3n) is 4.24.